The molecule has 2 N–H and O–H groups in total. The van der Waals surface area contributed by atoms with Crippen LogP contribution >= 0.6 is 0 Å². The van der Waals surface area contributed by atoms with Crippen LogP contribution in [0.2, 0.25) is 0 Å². The Kier molecular flexibility index (Phi) is 5.43. The number of carbonyl (C=O) groups is 1. The highest BCUT2D eigenvalue weighted by molar-refractivity contribution is 5.74. The predicted octanol–water partition coefficient (Wildman–Crippen LogP) is 0.705. The van der Waals surface area contributed by atoms with E-state index in [0.717, 1.165) is 5.56 Å². The molecule has 1 aromatic rings. The summed E-state index contributed by atoms with van der Waals surface area (Å²) in [4.78, 5) is 10.3. The molecule has 0 heterocycles. The molecule has 1 amide bonds. The number of benzene rings is 1. The zero-order valence-corrected chi connectivity index (χ0v) is 8.52. The van der Waals surface area contributed by atoms with Gasteiger partial charge in [0.25, 0.3) is 0 Å². The average molecular weight is 209 g/mol. The topological polar surface area (TPSA) is 61.6 Å². The van der Waals surface area contributed by atoms with Crippen LogP contribution in [-0.4, -0.2) is 25.7 Å². The molecule has 0 aliphatic rings. The predicted molar refractivity (Wildman–Crippen MR) is 56.1 cm³/mol. The summed E-state index contributed by atoms with van der Waals surface area (Å²) in [5, 5.41) is 0. The fraction of sp³-hybridized carbons (Fsp3) is 0.364. The Morgan fingerprint density at radius 2 is 1.80 bits per heavy atom. The molecule has 0 atom stereocenters. The summed E-state index contributed by atoms with van der Waals surface area (Å²) < 4.78 is 10.3. The van der Waals surface area contributed by atoms with Crippen LogP contribution < -0.4 is 5.73 Å². The first kappa shape index (κ1) is 11.7. The van der Waals surface area contributed by atoms with Crippen molar-refractivity contribution in [2.75, 3.05) is 19.8 Å². The first-order valence-electron chi connectivity index (χ1n) is 4.77. The number of amides is 1. The van der Waals surface area contributed by atoms with E-state index in [0.29, 0.717) is 19.8 Å². The normalized spacial score (nSPS) is 10.1. The van der Waals surface area contributed by atoms with Crippen molar-refractivity contribution >= 4 is 5.91 Å². The van der Waals surface area contributed by atoms with E-state index in [1.807, 2.05) is 30.3 Å². The minimum atomic E-state index is -0.460. The van der Waals surface area contributed by atoms with Crippen LogP contribution in [0.5, 0.6) is 0 Å². The zero-order chi connectivity index (χ0) is 10.9. The summed E-state index contributed by atoms with van der Waals surface area (Å²) in [5.41, 5.74) is 6.01. The first-order chi connectivity index (χ1) is 7.29. The van der Waals surface area contributed by atoms with Gasteiger partial charge in [0, 0.05) is 0 Å². The Morgan fingerprint density at radius 1 is 1.13 bits per heavy atom. The molecule has 1 aromatic carbocycles. The van der Waals surface area contributed by atoms with Crippen LogP contribution in [0, 0.1) is 0 Å². The maximum absolute atomic E-state index is 10.3. The smallest absolute Gasteiger partial charge is 0.243 e. The van der Waals surface area contributed by atoms with E-state index in [-0.39, 0.29) is 6.61 Å². The van der Waals surface area contributed by atoms with Crippen molar-refractivity contribution < 1.29 is 14.3 Å². The molecule has 0 bridgehead atoms. The van der Waals surface area contributed by atoms with Crippen LogP contribution in [0.4, 0.5) is 0 Å². The van der Waals surface area contributed by atoms with Crippen molar-refractivity contribution in [1.82, 2.24) is 0 Å². The standard InChI is InChI=1S/C11H15NO3/c12-11(13)9-15-7-6-14-8-10-4-2-1-3-5-10/h1-5H,6-9H2,(H2,12,13). The van der Waals surface area contributed by atoms with E-state index < -0.39 is 5.91 Å². The maximum Gasteiger partial charge on any atom is 0.243 e. The highest BCUT2D eigenvalue weighted by Gasteiger charge is 1.94. The number of ether oxygens (including phenoxy) is 2. The van der Waals surface area contributed by atoms with Gasteiger partial charge in [-0.25, -0.2) is 0 Å². The molecule has 0 saturated carbocycles. The lowest BCUT2D eigenvalue weighted by molar-refractivity contribution is -0.123. The lowest BCUT2D eigenvalue weighted by atomic mass is 10.2. The fourth-order valence-electron chi connectivity index (χ4n) is 1.05. The van der Waals surface area contributed by atoms with Crippen LogP contribution in [0.15, 0.2) is 30.3 Å². The van der Waals surface area contributed by atoms with Crippen molar-refractivity contribution in [1.29, 1.82) is 0 Å². The Bertz CT molecular complexity index is 287. The second-order valence-electron chi connectivity index (χ2n) is 3.06. The fourth-order valence-corrected chi connectivity index (χ4v) is 1.05. The van der Waals surface area contributed by atoms with E-state index in [2.05, 4.69) is 0 Å². The molecule has 0 radical (unpaired) electrons. The van der Waals surface area contributed by atoms with Gasteiger partial charge in [0.15, 0.2) is 0 Å². The Labute approximate surface area is 89.0 Å². The number of nitrogens with two attached hydrogens (primary N) is 1. The van der Waals surface area contributed by atoms with Gasteiger partial charge in [0.2, 0.25) is 5.91 Å². The molecule has 82 valence electrons. The van der Waals surface area contributed by atoms with Crippen molar-refractivity contribution in [3.63, 3.8) is 0 Å². The van der Waals surface area contributed by atoms with Crippen LogP contribution in [0.25, 0.3) is 0 Å². The van der Waals surface area contributed by atoms with Gasteiger partial charge in [-0.3, -0.25) is 4.79 Å². The van der Waals surface area contributed by atoms with Crippen LogP contribution in [0.3, 0.4) is 0 Å². The van der Waals surface area contributed by atoms with E-state index in [1.54, 1.807) is 0 Å². The van der Waals surface area contributed by atoms with Gasteiger partial charge < -0.3 is 15.2 Å². The van der Waals surface area contributed by atoms with E-state index in [4.69, 9.17) is 15.2 Å². The summed E-state index contributed by atoms with van der Waals surface area (Å²) in [6.45, 7) is 1.35. The molecule has 4 nitrogen and oxygen atoms in total. The average Bonchev–Trinajstić information content (AvgIpc) is 2.24. The number of primary amides is 1. The minimum Gasteiger partial charge on any atom is -0.374 e. The minimum absolute atomic E-state index is 0.0469. The molecular formula is C11H15NO3. The highest BCUT2D eigenvalue weighted by Crippen LogP contribution is 1.99. The second kappa shape index (κ2) is 6.98. The molecule has 0 fully saturated rings. The third kappa shape index (κ3) is 5.83. The molecule has 0 saturated heterocycles. The summed E-state index contributed by atoms with van der Waals surface area (Å²) in [7, 11) is 0. The number of rotatable bonds is 7. The van der Waals surface area contributed by atoms with E-state index in [9.17, 15) is 4.79 Å². The van der Waals surface area contributed by atoms with Gasteiger partial charge >= 0.3 is 0 Å². The summed E-state index contributed by atoms with van der Waals surface area (Å²) in [6.07, 6.45) is 0. The Hall–Kier alpha value is -1.39. The molecule has 1 rings (SSSR count). The van der Waals surface area contributed by atoms with Gasteiger partial charge in [-0.05, 0) is 5.56 Å². The number of hydrogen-bond donors (Lipinski definition) is 1. The van der Waals surface area contributed by atoms with Crippen molar-refractivity contribution in [2.24, 2.45) is 5.73 Å². The maximum atomic E-state index is 10.3. The Balaban J connectivity index is 2.00. The highest BCUT2D eigenvalue weighted by atomic mass is 16.5. The molecular weight excluding hydrogens is 194 g/mol. The Morgan fingerprint density at radius 3 is 2.47 bits per heavy atom. The van der Waals surface area contributed by atoms with Gasteiger partial charge in [0.1, 0.15) is 6.61 Å². The third-order valence-electron chi connectivity index (χ3n) is 1.73. The van der Waals surface area contributed by atoms with Gasteiger partial charge in [-0.1, -0.05) is 30.3 Å². The molecule has 0 aromatic heterocycles. The van der Waals surface area contributed by atoms with E-state index >= 15 is 0 Å². The van der Waals surface area contributed by atoms with Crippen LogP contribution in [-0.2, 0) is 20.9 Å². The molecule has 4 heteroatoms. The zero-order valence-electron chi connectivity index (χ0n) is 8.52. The van der Waals surface area contributed by atoms with Crippen molar-refractivity contribution in [2.45, 2.75) is 6.61 Å². The second-order valence-corrected chi connectivity index (χ2v) is 3.06. The summed E-state index contributed by atoms with van der Waals surface area (Å²) >= 11 is 0. The number of hydrogen-bond acceptors (Lipinski definition) is 3. The SMILES string of the molecule is NC(=O)COCCOCc1ccccc1. The van der Waals surface area contributed by atoms with Gasteiger partial charge in [-0.15, -0.1) is 0 Å². The molecule has 0 aliphatic carbocycles. The van der Waals surface area contributed by atoms with E-state index in [1.165, 1.54) is 0 Å². The molecule has 0 aliphatic heterocycles. The lowest BCUT2D eigenvalue weighted by Gasteiger charge is -2.04. The third-order valence-corrected chi connectivity index (χ3v) is 1.73. The summed E-state index contributed by atoms with van der Waals surface area (Å²) in [6, 6.07) is 9.86. The van der Waals surface area contributed by atoms with Crippen molar-refractivity contribution in [3.05, 3.63) is 35.9 Å². The number of carbonyl (C=O) groups excluding carboxylic acids is 1. The molecule has 15 heavy (non-hydrogen) atoms. The summed E-state index contributed by atoms with van der Waals surface area (Å²) in [5.74, 6) is -0.460. The largest absolute Gasteiger partial charge is 0.374 e. The van der Waals surface area contributed by atoms with Gasteiger partial charge in [0.05, 0.1) is 19.8 Å². The molecule has 0 spiro atoms. The molecule has 0 unspecified atom stereocenters. The van der Waals surface area contributed by atoms with Crippen molar-refractivity contribution in [3.8, 4) is 0 Å². The van der Waals surface area contributed by atoms with Crippen LogP contribution in [0.1, 0.15) is 5.56 Å². The van der Waals surface area contributed by atoms with Gasteiger partial charge in [-0.2, -0.15) is 0 Å². The first-order valence-corrected chi connectivity index (χ1v) is 4.77. The lowest BCUT2D eigenvalue weighted by Crippen LogP contribution is -2.19. The quantitative estimate of drug-likeness (QED) is 0.672. The monoisotopic (exact) mass is 209 g/mol.